The Morgan fingerprint density at radius 2 is 2.00 bits per heavy atom. The SMILES string of the molecule is CCCCN(CC)c1ccc(C(=O)Nc2nc(-c3c[nH]c(C(N)=O)c3)cs2)cc1. The molecule has 0 unspecified atom stereocenters. The van der Waals surface area contributed by atoms with Crippen molar-refractivity contribution in [1.82, 2.24) is 9.97 Å². The van der Waals surface area contributed by atoms with Crippen molar-refractivity contribution in [1.29, 1.82) is 0 Å². The number of carbonyl (C=O) groups excluding carboxylic acids is 2. The average molecular weight is 412 g/mol. The summed E-state index contributed by atoms with van der Waals surface area (Å²) in [5.41, 5.74) is 8.68. The molecule has 3 rings (SSSR count). The van der Waals surface area contributed by atoms with E-state index in [0.717, 1.165) is 37.2 Å². The molecule has 1 aromatic carbocycles. The minimum Gasteiger partial charge on any atom is -0.372 e. The van der Waals surface area contributed by atoms with E-state index in [0.29, 0.717) is 22.1 Å². The first-order chi connectivity index (χ1) is 14.0. The van der Waals surface area contributed by atoms with Crippen molar-refractivity contribution >= 4 is 34.0 Å². The van der Waals surface area contributed by atoms with Gasteiger partial charge in [-0.2, -0.15) is 0 Å². The van der Waals surface area contributed by atoms with Gasteiger partial charge in [-0.1, -0.05) is 13.3 Å². The molecule has 0 radical (unpaired) electrons. The normalized spacial score (nSPS) is 10.7. The van der Waals surface area contributed by atoms with E-state index in [1.54, 1.807) is 12.3 Å². The van der Waals surface area contributed by atoms with Gasteiger partial charge in [0, 0.05) is 41.5 Å². The van der Waals surface area contributed by atoms with Gasteiger partial charge in [0.15, 0.2) is 5.13 Å². The third kappa shape index (κ3) is 5.03. The van der Waals surface area contributed by atoms with Crippen LogP contribution < -0.4 is 16.0 Å². The summed E-state index contributed by atoms with van der Waals surface area (Å²) >= 11 is 1.32. The van der Waals surface area contributed by atoms with Crippen molar-refractivity contribution < 1.29 is 9.59 Å². The van der Waals surface area contributed by atoms with E-state index < -0.39 is 5.91 Å². The van der Waals surface area contributed by atoms with Crippen LogP contribution in [-0.4, -0.2) is 34.9 Å². The molecule has 0 saturated heterocycles. The van der Waals surface area contributed by atoms with Crippen molar-refractivity contribution in [2.75, 3.05) is 23.3 Å². The van der Waals surface area contributed by atoms with Crippen LogP contribution in [0.2, 0.25) is 0 Å². The molecule has 0 aliphatic heterocycles. The summed E-state index contributed by atoms with van der Waals surface area (Å²) in [4.78, 5) is 33.3. The molecule has 0 fully saturated rings. The number of aromatic nitrogens is 2. The van der Waals surface area contributed by atoms with Gasteiger partial charge in [-0.25, -0.2) is 4.98 Å². The summed E-state index contributed by atoms with van der Waals surface area (Å²) in [6, 6.07) is 9.26. The third-order valence-electron chi connectivity index (χ3n) is 4.63. The molecule has 4 N–H and O–H groups in total. The minimum absolute atomic E-state index is 0.207. The standard InChI is InChI=1S/C21H25N5O2S/c1-3-5-10-26(4-2)16-8-6-14(7-9-16)20(28)25-21-24-18(13-29-21)15-11-17(19(22)27)23-12-15/h6-9,11-13,23H,3-5,10H2,1-2H3,(H2,22,27)(H,24,25,28). The molecule has 2 aromatic heterocycles. The predicted molar refractivity (Wildman–Crippen MR) is 118 cm³/mol. The molecule has 0 atom stereocenters. The van der Waals surface area contributed by atoms with Gasteiger partial charge in [-0.05, 0) is 43.7 Å². The van der Waals surface area contributed by atoms with Crippen LogP contribution in [0.5, 0.6) is 0 Å². The molecule has 0 aliphatic rings. The van der Waals surface area contributed by atoms with Crippen LogP contribution in [0.1, 0.15) is 47.5 Å². The summed E-state index contributed by atoms with van der Waals surface area (Å²) < 4.78 is 0. The zero-order chi connectivity index (χ0) is 20.8. The fraction of sp³-hybridized carbons (Fsp3) is 0.286. The number of nitrogens with one attached hydrogen (secondary N) is 2. The Labute approximate surface area is 174 Å². The summed E-state index contributed by atoms with van der Waals surface area (Å²) in [7, 11) is 0. The van der Waals surface area contributed by atoms with Crippen LogP contribution in [0.3, 0.4) is 0 Å². The first-order valence-corrected chi connectivity index (χ1v) is 10.5. The second kappa shape index (κ2) is 9.38. The number of rotatable bonds is 9. The largest absolute Gasteiger partial charge is 0.372 e. The number of amides is 2. The summed E-state index contributed by atoms with van der Waals surface area (Å²) in [6.07, 6.45) is 3.96. The molecule has 8 heteroatoms. The van der Waals surface area contributed by atoms with Gasteiger partial charge < -0.3 is 15.6 Å². The van der Waals surface area contributed by atoms with Gasteiger partial charge in [-0.3, -0.25) is 14.9 Å². The summed E-state index contributed by atoms with van der Waals surface area (Å²) in [5, 5.41) is 5.14. The first-order valence-electron chi connectivity index (χ1n) is 9.62. The van der Waals surface area contributed by atoms with Crippen molar-refractivity contribution in [3.8, 4) is 11.3 Å². The van der Waals surface area contributed by atoms with Gasteiger partial charge in [-0.15, -0.1) is 11.3 Å². The number of nitrogens with two attached hydrogens (primary N) is 1. The fourth-order valence-electron chi connectivity index (χ4n) is 2.96. The second-order valence-corrected chi connectivity index (χ2v) is 7.50. The van der Waals surface area contributed by atoms with Crippen molar-refractivity contribution in [2.24, 2.45) is 5.73 Å². The molecule has 0 saturated carbocycles. The zero-order valence-electron chi connectivity index (χ0n) is 16.6. The molecule has 152 valence electrons. The Bertz CT molecular complexity index is 977. The van der Waals surface area contributed by atoms with Gasteiger partial charge in [0.25, 0.3) is 11.8 Å². The van der Waals surface area contributed by atoms with Crippen LogP contribution in [0, 0.1) is 0 Å². The molecule has 0 bridgehead atoms. The Morgan fingerprint density at radius 3 is 2.62 bits per heavy atom. The molecular formula is C21H25N5O2S. The van der Waals surface area contributed by atoms with E-state index >= 15 is 0 Å². The van der Waals surface area contributed by atoms with E-state index in [4.69, 9.17) is 5.73 Å². The first kappa shape index (κ1) is 20.6. The number of aromatic amines is 1. The number of carbonyl (C=O) groups is 2. The maximum atomic E-state index is 12.6. The number of anilines is 2. The highest BCUT2D eigenvalue weighted by Gasteiger charge is 2.13. The Hall–Kier alpha value is -3.13. The number of hydrogen-bond acceptors (Lipinski definition) is 5. The van der Waals surface area contributed by atoms with E-state index in [-0.39, 0.29) is 5.91 Å². The monoisotopic (exact) mass is 411 g/mol. The number of nitrogens with zero attached hydrogens (tertiary/aromatic N) is 2. The molecule has 2 heterocycles. The van der Waals surface area contributed by atoms with Crippen LogP contribution in [-0.2, 0) is 0 Å². The van der Waals surface area contributed by atoms with Crippen molar-refractivity contribution in [3.63, 3.8) is 0 Å². The Morgan fingerprint density at radius 1 is 1.24 bits per heavy atom. The van der Waals surface area contributed by atoms with Gasteiger partial charge in [0.1, 0.15) is 5.69 Å². The van der Waals surface area contributed by atoms with Gasteiger partial charge in [0.2, 0.25) is 0 Å². The van der Waals surface area contributed by atoms with Crippen LogP contribution in [0.4, 0.5) is 10.8 Å². The molecular weight excluding hydrogens is 386 g/mol. The van der Waals surface area contributed by atoms with E-state index in [9.17, 15) is 9.59 Å². The molecule has 29 heavy (non-hydrogen) atoms. The summed E-state index contributed by atoms with van der Waals surface area (Å²) in [5.74, 6) is -0.735. The number of thiazole rings is 1. The molecule has 3 aromatic rings. The van der Waals surface area contributed by atoms with Crippen LogP contribution in [0.15, 0.2) is 41.9 Å². The summed E-state index contributed by atoms with van der Waals surface area (Å²) in [6.45, 7) is 6.26. The number of primary amides is 1. The lowest BCUT2D eigenvalue weighted by atomic mass is 10.1. The average Bonchev–Trinajstić information content (AvgIpc) is 3.38. The fourth-order valence-corrected chi connectivity index (χ4v) is 3.67. The van der Waals surface area contributed by atoms with E-state index in [2.05, 4.69) is 34.0 Å². The highest BCUT2D eigenvalue weighted by molar-refractivity contribution is 7.14. The Kier molecular flexibility index (Phi) is 6.66. The zero-order valence-corrected chi connectivity index (χ0v) is 17.4. The maximum absolute atomic E-state index is 12.6. The van der Waals surface area contributed by atoms with Crippen molar-refractivity contribution in [3.05, 3.63) is 53.2 Å². The molecule has 0 aliphatic carbocycles. The lowest BCUT2D eigenvalue weighted by molar-refractivity contribution is 0.0994. The molecule has 7 nitrogen and oxygen atoms in total. The topological polar surface area (TPSA) is 104 Å². The van der Waals surface area contributed by atoms with Gasteiger partial charge in [0.05, 0.1) is 5.69 Å². The second-order valence-electron chi connectivity index (χ2n) is 6.64. The highest BCUT2D eigenvalue weighted by Crippen LogP contribution is 2.26. The minimum atomic E-state index is -0.528. The highest BCUT2D eigenvalue weighted by atomic mass is 32.1. The quantitative estimate of drug-likeness (QED) is 0.493. The number of hydrogen-bond donors (Lipinski definition) is 3. The number of H-pyrrole nitrogens is 1. The number of benzene rings is 1. The molecule has 2 amide bonds. The lowest BCUT2D eigenvalue weighted by Crippen LogP contribution is -2.23. The third-order valence-corrected chi connectivity index (χ3v) is 5.38. The van der Waals surface area contributed by atoms with Gasteiger partial charge >= 0.3 is 0 Å². The van der Waals surface area contributed by atoms with E-state index in [1.165, 1.54) is 11.3 Å². The van der Waals surface area contributed by atoms with Crippen molar-refractivity contribution in [2.45, 2.75) is 26.7 Å². The van der Waals surface area contributed by atoms with E-state index in [1.807, 2.05) is 29.6 Å². The van der Waals surface area contributed by atoms with Crippen LogP contribution >= 0.6 is 11.3 Å². The number of unbranched alkanes of at least 4 members (excludes halogenated alkanes) is 1. The lowest BCUT2D eigenvalue weighted by Gasteiger charge is -2.23. The maximum Gasteiger partial charge on any atom is 0.265 e. The smallest absolute Gasteiger partial charge is 0.265 e. The Balaban J connectivity index is 1.65. The van der Waals surface area contributed by atoms with Crippen LogP contribution in [0.25, 0.3) is 11.3 Å². The predicted octanol–water partition coefficient (Wildman–Crippen LogP) is 4.12. The molecule has 0 spiro atoms.